The highest BCUT2D eigenvalue weighted by molar-refractivity contribution is 7.89. The van der Waals surface area contributed by atoms with E-state index in [4.69, 9.17) is 0 Å². The van der Waals surface area contributed by atoms with E-state index in [-0.39, 0.29) is 10.8 Å². The second-order valence-electron chi connectivity index (χ2n) is 8.12. The molecule has 0 bridgehead atoms. The highest BCUT2D eigenvalue weighted by atomic mass is 32.2. The number of sulfonamides is 1. The van der Waals surface area contributed by atoms with Crippen molar-refractivity contribution in [2.75, 3.05) is 32.7 Å². The van der Waals surface area contributed by atoms with Crippen LogP contribution in [0.2, 0.25) is 0 Å². The van der Waals surface area contributed by atoms with Gasteiger partial charge in [-0.25, -0.2) is 8.42 Å². The Labute approximate surface area is 196 Å². The highest BCUT2D eigenvalue weighted by Crippen LogP contribution is 2.30. The summed E-state index contributed by atoms with van der Waals surface area (Å²) in [6.07, 6.45) is 0.690. The fourth-order valence-corrected chi connectivity index (χ4v) is 7.87. The van der Waals surface area contributed by atoms with Crippen LogP contribution >= 0.6 is 22.7 Å². The summed E-state index contributed by atoms with van der Waals surface area (Å²) in [5.41, 5.74) is 2.23. The quantitative estimate of drug-likeness (QED) is 0.553. The van der Waals surface area contributed by atoms with Crippen LogP contribution in [0.4, 0.5) is 0 Å². The van der Waals surface area contributed by atoms with Gasteiger partial charge in [-0.2, -0.15) is 4.31 Å². The number of hydrogen-bond donors (Lipinski definition) is 0. The van der Waals surface area contributed by atoms with Gasteiger partial charge in [0.1, 0.15) is 9.77 Å². The van der Waals surface area contributed by atoms with E-state index in [0.29, 0.717) is 37.5 Å². The number of benzene rings is 1. The van der Waals surface area contributed by atoms with Gasteiger partial charge in [-0.3, -0.25) is 9.69 Å². The van der Waals surface area contributed by atoms with E-state index in [0.717, 1.165) is 25.2 Å². The van der Waals surface area contributed by atoms with E-state index in [1.165, 1.54) is 26.1 Å². The number of thiophene rings is 2. The van der Waals surface area contributed by atoms with Crippen molar-refractivity contribution in [3.63, 3.8) is 0 Å². The van der Waals surface area contributed by atoms with Crippen LogP contribution < -0.4 is 0 Å². The summed E-state index contributed by atoms with van der Waals surface area (Å²) in [5.74, 6) is -0.174. The van der Waals surface area contributed by atoms with Gasteiger partial charge in [0.2, 0.25) is 10.0 Å². The van der Waals surface area contributed by atoms with Crippen molar-refractivity contribution >= 4 is 38.6 Å². The molecule has 2 aliphatic heterocycles. The Kier molecular flexibility index (Phi) is 6.18. The molecule has 9 heteroatoms. The molecule has 0 N–H and O–H groups in total. The van der Waals surface area contributed by atoms with Gasteiger partial charge >= 0.3 is 0 Å². The van der Waals surface area contributed by atoms with E-state index in [2.05, 4.69) is 28.5 Å². The lowest BCUT2D eigenvalue weighted by Crippen LogP contribution is -2.48. The molecule has 1 aromatic carbocycles. The first-order chi connectivity index (χ1) is 15.5. The van der Waals surface area contributed by atoms with Gasteiger partial charge in [0.15, 0.2) is 0 Å². The second kappa shape index (κ2) is 9.07. The molecule has 2 aromatic heterocycles. The Balaban J connectivity index is 1.29. The van der Waals surface area contributed by atoms with Gasteiger partial charge in [0.25, 0.3) is 5.91 Å². The fraction of sp³-hybridized carbons (Fsp3) is 0.348. The Morgan fingerprint density at radius 3 is 2.41 bits per heavy atom. The summed E-state index contributed by atoms with van der Waals surface area (Å²) in [5, 5.41) is 3.79. The molecule has 1 saturated heterocycles. The smallest absolute Gasteiger partial charge is 0.265 e. The second-order valence-corrected chi connectivity index (χ2v) is 12.0. The predicted molar refractivity (Wildman–Crippen MR) is 128 cm³/mol. The third-order valence-electron chi connectivity index (χ3n) is 6.16. The summed E-state index contributed by atoms with van der Waals surface area (Å²) in [6, 6.07) is 13.7. The van der Waals surface area contributed by atoms with E-state index >= 15 is 0 Å². The van der Waals surface area contributed by atoms with Gasteiger partial charge in [0, 0.05) is 50.7 Å². The van der Waals surface area contributed by atoms with Crippen molar-refractivity contribution in [3.05, 3.63) is 74.1 Å². The molecule has 0 radical (unpaired) electrons. The van der Waals surface area contributed by atoms with E-state index in [1.54, 1.807) is 27.7 Å². The number of nitrogens with zero attached hydrogens (tertiary/aromatic N) is 3. The summed E-state index contributed by atoms with van der Waals surface area (Å²) in [7, 11) is -3.73. The molecule has 4 heterocycles. The normalized spacial score (nSPS) is 17.9. The van der Waals surface area contributed by atoms with Crippen LogP contribution in [-0.2, 0) is 29.5 Å². The fourth-order valence-electron chi connectivity index (χ4n) is 4.35. The minimum absolute atomic E-state index is 0.146. The minimum Gasteiger partial charge on any atom is -0.335 e. The predicted octanol–water partition coefficient (Wildman–Crippen LogP) is 3.51. The monoisotopic (exact) mass is 487 g/mol. The number of piperazine rings is 1. The Hall–Kier alpha value is -2.04. The van der Waals surface area contributed by atoms with Gasteiger partial charge in [-0.05, 0) is 40.4 Å². The summed E-state index contributed by atoms with van der Waals surface area (Å²) in [6.45, 7) is 4.49. The SMILES string of the molecule is O=C(c1sccc1S(=O)(=O)N1CCc2ccccc2C1)N1CCN(Cc2cccs2)CC1. The molecule has 5 rings (SSSR count). The van der Waals surface area contributed by atoms with Crippen LogP contribution in [0.5, 0.6) is 0 Å². The van der Waals surface area contributed by atoms with Crippen molar-refractivity contribution < 1.29 is 13.2 Å². The summed E-state index contributed by atoms with van der Waals surface area (Å²) < 4.78 is 28.4. The zero-order chi connectivity index (χ0) is 22.1. The number of amides is 1. The van der Waals surface area contributed by atoms with Crippen LogP contribution in [0.3, 0.4) is 0 Å². The van der Waals surface area contributed by atoms with Crippen molar-refractivity contribution in [1.82, 2.24) is 14.1 Å². The molecule has 3 aromatic rings. The van der Waals surface area contributed by atoms with Crippen molar-refractivity contribution in [1.29, 1.82) is 0 Å². The lowest BCUT2D eigenvalue weighted by atomic mass is 10.0. The number of carbonyl (C=O) groups is 1. The van der Waals surface area contributed by atoms with Gasteiger partial charge in [-0.15, -0.1) is 22.7 Å². The van der Waals surface area contributed by atoms with E-state index < -0.39 is 10.0 Å². The average molecular weight is 488 g/mol. The molecule has 2 aliphatic rings. The zero-order valence-electron chi connectivity index (χ0n) is 17.6. The van der Waals surface area contributed by atoms with Crippen LogP contribution in [0.1, 0.15) is 25.7 Å². The molecule has 0 spiro atoms. The molecular formula is C23H25N3O3S3. The highest BCUT2D eigenvalue weighted by Gasteiger charge is 2.34. The first kappa shape index (κ1) is 21.8. The van der Waals surface area contributed by atoms with Gasteiger partial charge in [0.05, 0.1) is 0 Å². The van der Waals surface area contributed by atoms with Crippen LogP contribution in [0, 0.1) is 0 Å². The lowest BCUT2D eigenvalue weighted by molar-refractivity contribution is 0.0631. The maximum atomic E-state index is 13.5. The molecular weight excluding hydrogens is 462 g/mol. The molecule has 0 aliphatic carbocycles. The molecule has 0 saturated carbocycles. The topological polar surface area (TPSA) is 60.9 Å². The van der Waals surface area contributed by atoms with Crippen LogP contribution in [-0.4, -0.2) is 61.2 Å². The lowest BCUT2D eigenvalue weighted by Gasteiger charge is -2.34. The molecule has 32 heavy (non-hydrogen) atoms. The Morgan fingerprint density at radius 1 is 0.875 bits per heavy atom. The minimum atomic E-state index is -3.73. The molecule has 0 unspecified atom stereocenters. The largest absolute Gasteiger partial charge is 0.335 e. The molecule has 0 atom stereocenters. The number of rotatable bonds is 5. The zero-order valence-corrected chi connectivity index (χ0v) is 20.1. The van der Waals surface area contributed by atoms with E-state index in [1.807, 2.05) is 18.2 Å². The van der Waals surface area contributed by atoms with E-state index in [9.17, 15) is 13.2 Å². The number of carbonyl (C=O) groups excluding carboxylic acids is 1. The van der Waals surface area contributed by atoms with Crippen molar-refractivity contribution in [2.24, 2.45) is 0 Å². The number of fused-ring (bicyclic) bond motifs is 1. The molecule has 168 valence electrons. The first-order valence-corrected chi connectivity index (χ1v) is 13.9. The van der Waals surface area contributed by atoms with Crippen molar-refractivity contribution in [3.8, 4) is 0 Å². The van der Waals surface area contributed by atoms with Gasteiger partial charge < -0.3 is 4.90 Å². The van der Waals surface area contributed by atoms with Crippen molar-refractivity contribution in [2.45, 2.75) is 24.4 Å². The Morgan fingerprint density at radius 2 is 1.66 bits per heavy atom. The van der Waals surface area contributed by atoms with Crippen LogP contribution in [0.15, 0.2) is 58.1 Å². The maximum Gasteiger partial charge on any atom is 0.265 e. The summed E-state index contributed by atoms with van der Waals surface area (Å²) in [4.78, 5) is 19.2. The molecule has 1 fully saturated rings. The van der Waals surface area contributed by atoms with Gasteiger partial charge in [-0.1, -0.05) is 30.3 Å². The third kappa shape index (κ3) is 4.27. The Bertz CT molecular complexity index is 1200. The molecule has 6 nitrogen and oxygen atoms in total. The van der Waals surface area contributed by atoms with Crippen LogP contribution in [0.25, 0.3) is 0 Å². The molecule has 1 amide bonds. The standard InChI is InChI=1S/C23H25N3O3S3/c27-23(25-12-10-24(11-13-25)17-20-6-3-14-30-20)22-21(8-15-31-22)32(28,29)26-9-7-18-4-1-2-5-19(18)16-26/h1-6,8,14-15H,7,9-13,16-17H2. The summed E-state index contributed by atoms with van der Waals surface area (Å²) >= 11 is 2.97. The first-order valence-electron chi connectivity index (χ1n) is 10.7. The third-order valence-corrected chi connectivity index (χ3v) is 9.94. The average Bonchev–Trinajstić information content (AvgIpc) is 3.51. The number of hydrogen-bond acceptors (Lipinski definition) is 6. The maximum absolute atomic E-state index is 13.5.